The summed E-state index contributed by atoms with van der Waals surface area (Å²) in [7, 11) is 0. The summed E-state index contributed by atoms with van der Waals surface area (Å²) in [5, 5.41) is 9.46. The SMILES string of the molecule is CC(C)(C)OC(=O)NCCCCCC(=O)NC(=NC(=O)OCC1c2ccccc2-c2ccccc21)n1cccn1. The first-order chi connectivity index (χ1) is 19.2. The van der Waals surface area contributed by atoms with Crippen LogP contribution in [0, 0.1) is 0 Å². The van der Waals surface area contributed by atoms with Crippen LogP contribution in [0.25, 0.3) is 11.1 Å². The topological polar surface area (TPSA) is 124 Å². The van der Waals surface area contributed by atoms with Gasteiger partial charge in [-0.1, -0.05) is 55.0 Å². The van der Waals surface area contributed by atoms with E-state index in [4.69, 9.17) is 9.47 Å². The maximum absolute atomic E-state index is 12.7. The zero-order valence-corrected chi connectivity index (χ0v) is 23.1. The van der Waals surface area contributed by atoms with Crippen molar-refractivity contribution in [1.29, 1.82) is 0 Å². The normalized spacial score (nSPS) is 12.8. The molecule has 1 aliphatic rings. The first-order valence-corrected chi connectivity index (χ1v) is 13.4. The highest BCUT2D eigenvalue weighted by atomic mass is 16.6. The number of unbranched alkanes of at least 4 members (excludes halogenated alkanes) is 2. The van der Waals surface area contributed by atoms with Gasteiger partial charge in [0.2, 0.25) is 11.9 Å². The highest BCUT2D eigenvalue weighted by Crippen LogP contribution is 2.44. The summed E-state index contributed by atoms with van der Waals surface area (Å²) < 4.78 is 12.1. The predicted molar refractivity (Wildman–Crippen MR) is 151 cm³/mol. The second-order valence-corrected chi connectivity index (χ2v) is 10.5. The third-order valence-corrected chi connectivity index (χ3v) is 6.25. The minimum atomic E-state index is -0.819. The number of nitrogens with zero attached hydrogens (tertiary/aromatic N) is 3. The second kappa shape index (κ2) is 13.1. The summed E-state index contributed by atoms with van der Waals surface area (Å²) >= 11 is 0. The van der Waals surface area contributed by atoms with Gasteiger partial charge in [0.15, 0.2) is 0 Å². The molecule has 1 heterocycles. The molecule has 0 aliphatic heterocycles. The largest absolute Gasteiger partial charge is 0.447 e. The van der Waals surface area contributed by atoms with E-state index in [0.29, 0.717) is 19.4 Å². The van der Waals surface area contributed by atoms with E-state index < -0.39 is 17.8 Å². The molecule has 0 fully saturated rings. The fraction of sp³-hybridized carbons (Fsp3) is 0.367. The van der Waals surface area contributed by atoms with Gasteiger partial charge in [-0.15, -0.1) is 4.99 Å². The van der Waals surface area contributed by atoms with Crippen molar-refractivity contribution in [2.24, 2.45) is 4.99 Å². The smallest absolute Gasteiger partial charge is 0.436 e. The Morgan fingerprint density at radius 2 is 1.62 bits per heavy atom. The quantitative estimate of drug-likeness (QED) is 0.227. The molecule has 1 aliphatic carbocycles. The Labute approximate surface area is 233 Å². The van der Waals surface area contributed by atoms with Crippen molar-refractivity contribution in [3.8, 4) is 11.1 Å². The van der Waals surface area contributed by atoms with Crippen LogP contribution < -0.4 is 10.6 Å². The zero-order valence-electron chi connectivity index (χ0n) is 23.1. The summed E-state index contributed by atoms with van der Waals surface area (Å²) in [5.41, 5.74) is 3.92. The van der Waals surface area contributed by atoms with E-state index in [1.54, 1.807) is 33.0 Å². The molecule has 0 atom stereocenters. The Hall–Kier alpha value is -4.47. The second-order valence-electron chi connectivity index (χ2n) is 10.5. The third-order valence-electron chi connectivity index (χ3n) is 6.25. The van der Waals surface area contributed by atoms with Crippen molar-refractivity contribution in [3.05, 3.63) is 78.1 Å². The van der Waals surface area contributed by atoms with Gasteiger partial charge in [0.25, 0.3) is 0 Å². The summed E-state index contributed by atoms with van der Waals surface area (Å²) in [5.74, 6) is -0.432. The summed E-state index contributed by atoms with van der Waals surface area (Å²) in [4.78, 5) is 41.0. The summed E-state index contributed by atoms with van der Waals surface area (Å²) in [6, 6.07) is 17.8. The van der Waals surface area contributed by atoms with E-state index >= 15 is 0 Å². The molecule has 0 saturated carbocycles. The van der Waals surface area contributed by atoms with Crippen LogP contribution in [-0.2, 0) is 14.3 Å². The molecule has 1 aromatic heterocycles. The zero-order chi connectivity index (χ0) is 28.5. The molecular weight excluding hydrogens is 510 g/mol. The van der Waals surface area contributed by atoms with E-state index in [-0.39, 0.29) is 30.8 Å². The molecule has 40 heavy (non-hydrogen) atoms. The maximum atomic E-state index is 12.7. The van der Waals surface area contributed by atoms with Crippen molar-refractivity contribution in [2.75, 3.05) is 13.2 Å². The molecule has 2 aromatic carbocycles. The number of alkyl carbamates (subject to hydrolysis) is 1. The minimum absolute atomic E-state index is 0.0289. The van der Waals surface area contributed by atoms with Gasteiger partial charge in [0.1, 0.15) is 12.2 Å². The number of carbonyl (C=O) groups excluding carboxylic acids is 3. The number of hydrogen-bond acceptors (Lipinski definition) is 6. The summed E-state index contributed by atoms with van der Waals surface area (Å²) in [6.07, 6.45) is 4.07. The Morgan fingerprint density at radius 1 is 0.950 bits per heavy atom. The predicted octanol–water partition coefficient (Wildman–Crippen LogP) is 5.24. The van der Waals surface area contributed by atoms with Crippen LogP contribution in [0.1, 0.15) is 63.5 Å². The summed E-state index contributed by atoms with van der Waals surface area (Å²) in [6.45, 7) is 5.99. The molecule has 10 heteroatoms. The number of nitrogens with one attached hydrogen (secondary N) is 2. The first-order valence-electron chi connectivity index (χ1n) is 13.4. The highest BCUT2D eigenvalue weighted by molar-refractivity contribution is 6.01. The fourth-order valence-electron chi connectivity index (χ4n) is 4.52. The van der Waals surface area contributed by atoms with Crippen LogP contribution in [0.4, 0.5) is 9.59 Å². The molecule has 4 rings (SSSR count). The molecule has 0 spiro atoms. The fourth-order valence-corrected chi connectivity index (χ4v) is 4.52. The van der Waals surface area contributed by atoms with E-state index in [1.165, 1.54) is 10.9 Å². The van der Waals surface area contributed by atoms with E-state index in [9.17, 15) is 14.4 Å². The van der Waals surface area contributed by atoms with Crippen molar-refractivity contribution in [2.45, 2.75) is 58.0 Å². The van der Waals surface area contributed by atoms with Crippen LogP contribution in [-0.4, -0.2) is 52.6 Å². The van der Waals surface area contributed by atoms with Crippen LogP contribution in [0.15, 0.2) is 72.0 Å². The van der Waals surface area contributed by atoms with Gasteiger partial charge in [-0.25, -0.2) is 14.3 Å². The van der Waals surface area contributed by atoms with Crippen molar-refractivity contribution >= 4 is 24.1 Å². The lowest BCUT2D eigenvalue weighted by molar-refractivity contribution is -0.119. The average Bonchev–Trinajstić information content (AvgIpc) is 3.55. The van der Waals surface area contributed by atoms with Crippen LogP contribution >= 0.6 is 0 Å². The van der Waals surface area contributed by atoms with Crippen LogP contribution in [0.3, 0.4) is 0 Å². The number of carbonyl (C=O) groups is 3. The Bertz CT molecular complexity index is 1320. The molecule has 3 aromatic rings. The monoisotopic (exact) mass is 545 g/mol. The Balaban J connectivity index is 1.28. The molecule has 0 unspecified atom stereocenters. The van der Waals surface area contributed by atoms with Crippen LogP contribution in [0.2, 0.25) is 0 Å². The molecule has 10 nitrogen and oxygen atoms in total. The molecule has 0 radical (unpaired) electrons. The van der Waals surface area contributed by atoms with Crippen molar-refractivity contribution < 1.29 is 23.9 Å². The van der Waals surface area contributed by atoms with Crippen molar-refractivity contribution in [3.63, 3.8) is 0 Å². The molecule has 3 amide bonds. The van der Waals surface area contributed by atoms with Gasteiger partial charge in [0.05, 0.1) is 0 Å². The van der Waals surface area contributed by atoms with E-state index in [1.807, 2.05) is 36.4 Å². The number of aromatic nitrogens is 2. The molecule has 0 bridgehead atoms. The molecular formula is C30H35N5O5. The van der Waals surface area contributed by atoms with Crippen molar-refractivity contribution in [1.82, 2.24) is 20.4 Å². The molecule has 2 N–H and O–H groups in total. The Kier molecular flexibility index (Phi) is 9.31. The first kappa shape index (κ1) is 28.5. The number of benzene rings is 2. The lowest BCUT2D eigenvalue weighted by Crippen LogP contribution is -2.36. The minimum Gasteiger partial charge on any atom is -0.447 e. The van der Waals surface area contributed by atoms with Crippen LogP contribution in [0.5, 0.6) is 0 Å². The Morgan fingerprint density at radius 3 is 2.25 bits per heavy atom. The number of fused-ring (bicyclic) bond motifs is 3. The highest BCUT2D eigenvalue weighted by Gasteiger charge is 2.29. The maximum Gasteiger partial charge on any atom is 0.436 e. The number of aliphatic imine (C=N–C) groups is 1. The van der Waals surface area contributed by atoms with E-state index in [0.717, 1.165) is 28.7 Å². The van der Waals surface area contributed by atoms with Gasteiger partial charge in [-0.3, -0.25) is 10.1 Å². The van der Waals surface area contributed by atoms with Gasteiger partial charge >= 0.3 is 12.2 Å². The lowest BCUT2D eigenvalue weighted by Gasteiger charge is -2.19. The number of rotatable bonds is 8. The van der Waals surface area contributed by atoms with Gasteiger partial charge in [0, 0.05) is 31.3 Å². The van der Waals surface area contributed by atoms with Gasteiger partial charge in [-0.05, 0) is 61.9 Å². The number of hydrogen-bond donors (Lipinski definition) is 2. The molecule has 210 valence electrons. The average molecular weight is 546 g/mol. The lowest BCUT2D eigenvalue weighted by atomic mass is 9.98. The number of amides is 3. The van der Waals surface area contributed by atoms with E-state index in [2.05, 4.69) is 32.9 Å². The van der Waals surface area contributed by atoms with Gasteiger partial charge < -0.3 is 14.8 Å². The third kappa shape index (κ3) is 7.78. The molecule has 0 saturated heterocycles. The number of ether oxygens (including phenoxy) is 2. The van der Waals surface area contributed by atoms with Gasteiger partial charge in [-0.2, -0.15) is 5.10 Å². The standard InChI is InChI=1S/C30H35N5O5/c1-30(2,3)40-28(37)31-17-10-4-5-16-26(36)33-27(35-19-11-18-32-35)34-29(38)39-20-25-23-14-8-6-12-21(23)22-13-7-9-15-24(22)25/h6-9,11-15,18-19,25H,4-5,10,16-17,20H2,1-3H3,(H,31,37)(H,33,34,36,38).